The number of furan rings is 1. The summed E-state index contributed by atoms with van der Waals surface area (Å²) in [6.07, 6.45) is 3.24. The Morgan fingerprint density at radius 2 is 1.90 bits per heavy atom. The smallest absolute Gasteiger partial charge is 0.246 e. The average molecular weight is 269 g/mol. The molecule has 0 saturated heterocycles. The number of carbonyl (C=O) groups is 1. The average Bonchev–Trinajstić information content (AvgIpc) is 2.89. The van der Waals surface area contributed by atoms with Crippen molar-refractivity contribution < 1.29 is 9.21 Å². The number of carbonyl (C=O) groups excluding carboxylic acids is 1. The molecule has 0 aliphatic carbocycles. The van der Waals surface area contributed by atoms with Gasteiger partial charge in [0.05, 0.1) is 6.04 Å². The van der Waals surface area contributed by atoms with E-state index in [1.807, 2.05) is 56.3 Å². The van der Waals surface area contributed by atoms with E-state index in [0.29, 0.717) is 5.76 Å². The number of amides is 1. The first-order chi connectivity index (χ1) is 9.58. The zero-order chi connectivity index (χ0) is 14.5. The summed E-state index contributed by atoms with van der Waals surface area (Å²) in [5.74, 6) is 1.48. The standard InChI is InChI=1S/C17H19NO2/c1-13-9-10-16(20-13)11-12-17(19)18(3)14(2)15-7-5-4-6-8-15/h4-12,14H,1-3H3/b12-11+. The van der Waals surface area contributed by atoms with Gasteiger partial charge in [0.2, 0.25) is 5.91 Å². The maximum Gasteiger partial charge on any atom is 0.246 e. The third-order valence-electron chi connectivity index (χ3n) is 3.36. The molecular formula is C17H19NO2. The fourth-order valence-electron chi connectivity index (χ4n) is 1.96. The molecule has 0 spiro atoms. The van der Waals surface area contributed by atoms with Crippen LogP contribution in [0, 0.1) is 6.92 Å². The highest BCUT2D eigenvalue weighted by molar-refractivity contribution is 5.91. The third-order valence-corrected chi connectivity index (χ3v) is 3.36. The molecule has 104 valence electrons. The van der Waals surface area contributed by atoms with Gasteiger partial charge in [-0.2, -0.15) is 0 Å². The van der Waals surface area contributed by atoms with Crippen molar-refractivity contribution in [3.63, 3.8) is 0 Å². The molecule has 1 aromatic carbocycles. The lowest BCUT2D eigenvalue weighted by molar-refractivity contribution is -0.126. The number of nitrogens with zero attached hydrogens (tertiary/aromatic N) is 1. The molecule has 1 aromatic heterocycles. The minimum Gasteiger partial charge on any atom is -0.462 e. The molecule has 0 bridgehead atoms. The van der Waals surface area contributed by atoms with Crippen molar-refractivity contribution in [3.8, 4) is 0 Å². The van der Waals surface area contributed by atoms with Gasteiger partial charge in [0, 0.05) is 13.1 Å². The summed E-state index contributed by atoms with van der Waals surface area (Å²) in [4.78, 5) is 13.8. The van der Waals surface area contributed by atoms with Gasteiger partial charge in [-0.3, -0.25) is 4.79 Å². The zero-order valence-corrected chi connectivity index (χ0v) is 12.0. The molecule has 0 saturated carbocycles. The number of likely N-dealkylation sites (N-methyl/N-ethyl adjacent to an activating group) is 1. The summed E-state index contributed by atoms with van der Waals surface area (Å²) < 4.78 is 5.40. The monoisotopic (exact) mass is 269 g/mol. The summed E-state index contributed by atoms with van der Waals surface area (Å²) in [5, 5.41) is 0. The Labute approximate surface area is 119 Å². The molecular weight excluding hydrogens is 250 g/mol. The predicted molar refractivity (Wildman–Crippen MR) is 80.1 cm³/mol. The second kappa shape index (κ2) is 6.24. The van der Waals surface area contributed by atoms with Crippen LogP contribution in [0.4, 0.5) is 0 Å². The van der Waals surface area contributed by atoms with E-state index in [-0.39, 0.29) is 11.9 Å². The van der Waals surface area contributed by atoms with Crippen molar-refractivity contribution in [1.82, 2.24) is 4.90 Å². The lowest BCUT2D eigenvalue weighted by Gasteiger charge is -2.24. The van der Waals surface area contributed by atoms with E-state index < -0.39 is 0 Å². The van der Waals surface area contributed by atoms with E-state index in [1.165, 1.54) is 6.08 Å². The van der Waals surface area contributed by atoms with E-state index in [0.717, 1.165) is 11.3 Å². The lowest BCUT2D eigenvalue weighted by Crippen LogP contribution is -2.27. The molecule has 20 heavy (non-hydrogen) atoms. The minimum atomic E-state index is -0.0459. The van der Waals surface area contributed by atoms with E-state index in [2.05, 4.69) is 0 Å². The second-order valence-corrected chi connectivity index (χ2v) is 4.82. The molecule has 3 heteroatoms. The van der Waals surface area contributed by atoms with Crippen molar-refractivity contribution in [1.29, 1.82) is 0 Å². The van der Waals surface area contributed by atoms with E-state index in [9.17, 15) is 4.79 Å². The second-order valence-electron chi connectivity index (χ2n) is 4.82. The van der Waals surface area contributed by atoms with Gasteiger partial charge in [0.15, 0.2) is 0 Å². The number of hydrogen-bond acceptors (Lipinski definition) is 2. The minimum absolute atomic E-state index is 0.0340. The summed E-state index contributed by atoms with van der Waals surface area (Å²) >= 11 is 0. The molecule has 2 aromatic rings. The Morgan fingerprint density at radius 1 is 1.20 bits per heavy atom. The Bertz CT molecular complexity index is 598. The molecule has 1 heterocycles. The van der Waals surface area contributed by atoms with Crippen molar-refractivity contribution in [2.24, 2.45) is 0 Å². The Kier molecular flexibility index (Phi) is 4.41. The third kappa shape index (κ3) is 3.38. The van der Waals surface area contributed by atoms with Gasteiger partial charge in [-0.15, -0.1) is 0 Å². The van der Waals surface area contributed by atoms with E-state index in [4.69, 9.17) is 4.42 Å². The molecule has 0 fully saturated rings. The Morgan fingerprint density at radius 3 is 2.50 bits per heavy atom. The molecule has 1 amide bonds. The van der Waals surface area contributed by atoms with Crippen molar-refractivity contribution in [3.05, 3.63) is 65.6 Å². The fraction of sp³-hybridized carbons (Fsp3) is 0.235. The van der Waals surface area contributed by atoms with Crippen LogP contribution >= 0.6 is 0 Å². The van der Waals surface area contributed by atoms with Gasteiger partial charge in [-0.1, -0.05) is 30.3 Å². The van der Waals surface area contributed by atoms with Crippen LogP contribution < -0.4 is 0 Å². The van der Waals surface area contributed by atoms with Crippen LogP contribution in [0.2, 0.25) is 0 Å². The topological polar surface area (TPSA) is 33.5 Å². The summed E-state index contributed by atoms with van der Waals surface area (Å²) in [6, 6.07) is 13.7. The zero-order valence-electron chi connectivity index (χ0n) is 12.0. The normalized spacial score (nSPS) is 12.6. The molecule has 0 aliphatic heterocycles. The van der Waals surface area contributed by atoms with Gasteiger partial charge in [-0.05, 0) is 37.6 Å². The molecule has 0 N–H and O–H groups in total. The van der Waals surface area contributed by atoms with Crippen LogP contribution in [-0.2, 0) is 4.79 Å². The van der Waals surface area contributed by atoms with Crippen LogP contribution in [0.1, 0.15) is 30.0 Å². The van der Waals surface area contributed by atoms with Crippen molar-refractivity contribution in [2.75, 3.05) is 7.05 Å². The first-order valence-corrected chi connectivity index (χ1v) is 6.64. The summed E-state index contributed by atoms with van der Waals surface area (Å²) in [7, 11) is 1.80. The van der Waals surface area contributed by atoms with Gasteiger partial charge >= 0.3 is 0 Å². The Hall–Kier alpha value is -2.29. The number of benzene rings is 1. The van der Waals surface area contributed by atoms with Crippen LogP contribution in [0.25, 0.3) is 6.08 Å². The number of hydrogen-bond donors (Lipinski definition) is 0. The predicted octanol–water partition coefficient (Wildman–Crippen LogP) is 3.82. The lowest BCUT2D eigenvalue weighted by atomic mass is 10.1. The van der Waals surface area contributed by atoms with Gasteiger partial charge in [0.25, 0.3) is 0 Å². The molecule has 3 nitrogen and oxygen atoms in total. The van der Waals surface area contributed by atoms with Crippen LogP contribution in [0.5, 0.6) is 0 Å². The molecule has 2 rings (SSSR count). The maximum atomic E-state index is 12.1. The van der Waals surface area contributed by atoms with Crippen molar-refractivity contribution in [2.45, 2.75) is 19.9 Å². The Balaban J connectivity index is 2.03. The fourth-order valence-corrected chi connectivity index (χ4v) is 1.96. The molecule has 1 atom stereocenters. The highest BCUT2D eigenvalue weighted by Gasteiger charge is 2.14. The van der Waals surface area contributed by atoms with Gasteiger partial charge in [0.1, 0.15) is 11.5 Å². The van der Waals surface area contributed by atoms with Crippen LogP contribution in [0.15, 0.2) is 53.0 Å². The molecule has 1 unspecified atom stereocenters. The SMILES string of the molecule is Cc1ccc(/C=C/C(=O)N(C)C(C)c2ccccc2)o1. The van der Waals surface area contributed by atoms with Gasteiger partial charge in [-0.25, -0.2) is 0 Å². The highest BCUT2D eigenvalue weighted by Crippen LogP contribution is 2.18. The summed E-state index contributed by atoms with van der Waals surface area (Å²) in [5.41, 5.74) is 1.12. The van der Waals surface area contributed by atoms with Crippen molar-refractivity contribution >= 4 is 12.0 Å². The first kappa shape index (κ1) is 14.1. The molecule has 0 aliphatic rings. The van der Waals surface area contributed by atoms with Crippen LogP contribution in [-0.4, -0.2) is 17.9 Å². The van der Waals surface area contributed by atoms with Crippen LogP contribution in [0.3, 0.4) is 0 Å². The molecule has 0 radical (unpaired) electrons. The maximum absolute atomic E-state index is 12.1. The van der Waals surface area contributed by atoms with E-state index in [1.54, 1.807) is 18.0 Å². The van der Waals surface area contributed by atoms with E-state index >= 15 is 0 Å². The van der Waals surface area contributed by atoms with Gasteiger partial charge < -0.3 is 9.32 Å². The highest BCUT2D eigenvalue weighted by atomic mass is 16.3. The quantitative estimate of drug-likeness (QED) is 0.791. The summed E-state index contributed by atoms with van der Waals surface area (Å²) in [6.45, 7) is 3.89. The largest absolute Gasteiger partial charge is 0.462 e. The first-order valence-electron chi connectivity index (χ1n) is 6.64. The number of aryl methyl sites for hydroxylation is 1. The number of rotatable bonds is 4.